The summed E-state index contributed by atoms with van der Waals surface area (Å²) in [5.41, 5.74) is 5.63. The predicted octanol–water partition coefficient (Wildman–Crippen LogP) is 2.19. The van der Waals surface area contributed by atoms with E-state index in [1.165, 1.54) is 6.33 Å². The van der Waals surface area contributed by atoms with Gasteiger partial charge in [-0.1, -0.05) is 25.4 Å². The number of hydrogen-bond donors (Lipinski definition) is 2. The lowest BCUT2D eigenvalue weighted by atomic mass is 9.93. The second-order valence-electron chi connectivity index (χ2n) is 4.93. The lowest BCUT2D eigenvalue weighted by Crippen LogP contribution is -2.28. The van der Waals surface area contributed by atoms with Crippen LogP contribution < -0.4 is 11.1 Å². The quantitative estimate of drug-likeness (QED) is 0.877. The largest absolute Gasteiger partial charge is 0.382 e. The first-order valence-corrected chi connectivity index (χ1v) is 6.59. The van der Waals surface area contributed by atoms with E-state index in [-0.39, 0.29) is 0 Å². The summed E-state index contributed by atoms with van der Waals surface area (Å²) in [5, 5.41) is 3.62. The molecule has 2 heterocycles. The van der Waals surface area contributed by atoms with Gasteiger partial charge in [-0.25, -0.2) is 9.97 Å². The fourth-order valence-electron chi connectivity index (χ4n) is 2.35. The lowest BCUT2D eigenvalue weighted by molar-refractivity contribution is 0.0566. The van der Waals surface area contributed by atoms with Gasteiger partial charge < -0.3 is 15.8 Å². The highest BCUT2D eigenvalue weighted by Gasteiger charge is 2.30. The minimum absolute atomic E-state index is 0.301. The van der Waals surface area contributed by atoms with Gasteiger partial charge in [0.25, 0.3) is 0 Å². The van der Waals surface area contributed by atoms with Crippen LogP contribution in [0.1, 0.15) is 20.3 Å². The molecule has 1 aliphatic rings. The van der Waals surface area contributed by atoms with Crippen molar-refractivity contribution in [3.05, 3.63) is 11.3 Å². The molecule has 2 rings (SSSR count). The highest BCUT2D eigenvalue weighted by Crippen LogP contribution is 2.28. The standard InChI is InChI=1S/C12H19ClN4O/c1-7(2)10-8(3-4-18-10)5-15-12-9(13)11(14)16-6-17-12/h6-8,10H,3-5H2,1-2H3,(H3,14,15,16,17). The Morgan fingerprint density at radius 3 is 3.06 bits per heavy atom. The monoisotopic (exact) mass is 270 g/mol. The summed E-state index contributed by atoms with van der Waals surface area (Å²) in [4.78, 5) is 7.93. The predicted molar refractivity (Wildman–Crippen MR) is 72.6 cm³/mol. The Balaban J connectivity index is 1.97. The normalized spacial score (nSPS) is 23.6. The molecule has 0 amide bonds. The molecule has 0 aromatic carbocycles. The van der Waals surface area contributed by atoms with E-state index in [0.29, 0.717) is 34.6 Å². The first-order chi connectivity index (χ1) is 8.59. The summed E-state index contributed by atoms with van der Waals surface area (Å²) in [6.07, 6.45) is 2.78. The van der Waals surface area contributed by atoms with E-state index in [1.807, 2.05) is 0 Å². The number of hydrogen-bond acceptors (Lipinski definition) is 5. The van der Waals surface area contributed by atoms with Crippen LogP contribution in [0.4, 0.5) is 11.6 Å². The van der Waals surface area contributed by atoms with E-state index in [1.54, 1.807) is 0 Å². The van der Waals surface area contributed by atoms with Crippen molar-refractivity contribution in [1.29, 1.82) is 0 Å². The van der Waals surface area contributed by atoms with Crippen LogP contribution >= 0.6 is 11.6 Å². The number of nitrogens with two attached hydrogens (primary N) is 1. The van der Waals surface area contributed by atoms with Crippen molar-refractivity contribution in [2.24, 2.45) is 11.8 Å². The van der Waals surface area contributed by atoms with Gasteiger partial charge in [0.05, 0.1) is 6.10 Å². The second kappa shape index (κ2) is 5.71. The maximum absolute atomic E-state index is 6.03. The maximum Gasteiger partial charge on any atom is 0.150 e. The summed E-state index contributed by atoms with van der Waals surface area (Å²) in [5.74, 6) is 1.90. The number of nitrogens with one attached hydrogen (secondary N) is 1. The molecule has 1 fully saturated rings. The minimum Gasteiger partial charge on any atom is -0.382 e. The van der Waals surface area contributed by atoms with Gasteiger partial charge in [-0.05, 0) is 12.3 Å². The molecular weight excluding hydrogens is 252 g/mol. The Bertz CT molecular complexity index is 413. The molecule has 0 aliphatic carbocycles. The highest BCUT2D eigenvalue weighted by molar-refractivity contribution is 6.35. The van der Waals surface area contributed by atoms with E-state index in [9.17, 15) is 0 Å². The van der Waals surface area contributed by atoms with Gasteiger partial charge in [0.1, 0.15) is 23.0 Å². The zero-order chi connectivity index (χ0) is 13.1. The average Bonchev–Trinajstić information content (AvgIpc) is 2.79. The summed E-state index contributed by atoms with van der Waals surface area (Å²) in [6, 6.07) is 0. The Hall–Kier alpha value is -1.07. The van der Waals surface area contributed by atoms with Crippen molar-refractivity contribution in [2.45, 2.75) is 26.4 Å². The van der Waals surface area contributed by atoms with Gasteiger partial charge in [-0.15, -0.1) is 0 Å². The third kappa shape index (κ3) is 2.84. The van der Waals surface area contributed by atoms with Crippen molar-refractivity contribution in [1.82, 2.24) is 9.97 Å². The molecule has 1 saturated heterocycles. The van der Waals surface area contributed by atoms with Crippen molar-refractivity contribution in [2.75, 3.05) is 24.2 Å². The highest BCUT2D eigenvalue weighted by atomic mass is 35.5. The van der Waals surface area contributed by atoms with E-state index in [0.717, 1.165) is 19.6 Å². The molecular formula is C12H19ClN4O. The molecule has 3 N–H and O–H groups in total. The summed E-state index contributed by atoms with van der Waals surface area (Å²) < 4.78 is 5.74. The first kappa shape index (κ1) is 13.4. The molecule has 100 valence electrons. The van der Waals surface area contributed by atoms with Crippen LogP contribution in [0.5, 0.6) is 0 Å². The van der Waals surface area contributed by atoms with Crippen LogP contribution in [0, 0.1) is 11.8 Å². The molecule has 1 aromatic rings. The molecule has 0 saturated carbocycles. The van der Waals surface area contributed by atoms with Gasteiger partial charge in [0.15, 0.2) is 0 Å². The van der Waals surface area contributed by atoms with Crippen molar-refractivity contribution >= 4 is 23.2 Å². The number of rotatable bonds is 4. The fourth-order valence-corrected chi connectivity index (χ4v) is 2.51. The number of nitrogens with zero attached hydrogens (tertiary/aromatic N) is 2. The van der Waals surface area contributed by atoms with Gasteiger partial charge in [0, 0.05) is 19.1 Å². The van der Waals surface area contributed by atoms with Crippen LogP contribution in [0.3, 0.4) is 0 Å². The number of halogens is 1. The van der Waals surface area contributed by atoms with Crippen molar-refractivity contribution in [3.8, 4) is 0 Å². The number of aromatic nitrogens is 2. The molecule has 2 unspecified atom stereocenters. The number of ether oxygens (including phenoxy) is 1. The molecule has 18 heavy (non-hydrogen) atoms. The lowest BCUT2D eigenvalue weighted by Gasteiger charge is -2.22. The van der Waals surface area contributed by atoms with Crippen LogP contribution in [-0.4, -0.2) is 29.2 Å². The van der Waals surface area contributed by atoms with Crippen molar-refractivity contribution < 1.29 is 4.74 Å². The smallest absolute Gasteiger partial charge is 0.150 e. The van der Waals surface area contributed by atoms with E-state index in [2.05, 4.69) is 29.1 Å². The Labute approximate surface area is 112 Å². The zero-order valence-electron chi connectivity index (χ0n) is 10.7. The first-order valence-electron chi connectivity index (χ1n) is 6.21. The van der Waals surface area contributed by atoms with Gasteiger partial charge in [0.2, 0.25) is 0 Å². The maximum atomic E-state index is 6.03. The van der Waals surface area contributed by atoms with Crippen molar-refractivity contribution in [3.63, 3.8) is 0 Å². The molecule has 2 atom stereocenters. The van der Waals surface area contributed by atoms with Crippen LogP contribution in [-0.2, 0) is 4.74 Å². The Kier molecular flexibility index (Phi) is 4.24. The summed E-state index contributed by atoms with van der Waals surface area (Å²) in [7, 11) is 0. The summed E-state index contributed by atoms with van der Waals surface area (Å²) in [6.45, 7) is 5.98. The van der Waals surface area contributed by atoms with E-state index < -0.39 is 0 Å². The third-order valence-electron chi connectivity index (χ3n) is 3.27. The van der Waals surface area contributed by atoms with Gasteiger partial charge in [-0.2, -0.15) is 0 Å². The third-order valence-corrected chi connectivity index (χ3v) is 3.64. The molecule has 1 aliphatic heterocycles. The number of anilines is 2. The second-order valence-corrected chi connectivity index (χ2v) is 5.31. The Morgan fingerprint density at radius 2 is 2.33 bits per heavy atom. The van der Waals surface area contributed by atoms with Crippen LogP contribution in [0.15, 0.2) is 6.33 Å². The van der Waals surface area contributed by atoms with E-state index in [4.69, 9.17) is 22.1 Å². The zero-order valence-corrected chi connectivity index (χ0v) is 11.4. The van der Waals surface area contributed by atoms with Gasteiger partial charge in [-0.3, -0.25) is 0 Å². The average molecular weight is 271 g/mol. The molecule has 6 heteroatoms. The summed E-state index contributed by atoms with van der Waals surface area (Å²) >= 11 is 6.03. The molecule has 0 radical (unpaired) electrons. The molecule has 0 spiro atoms. The molecule has 1 aromatic heterocycles. The molecule has 0 bridgehead atoms. The SMILES string of the molecule is CC(C)C1OCCC1CNc1ncnc(N)c1Cl. The van der Waals surface area contributed by atoms with Gasteiger partial charge >= 0.3 is 0 Å². The van der Waals surface area contributed by atoms with Crippen LogP contribution in [0.2, 0.25) is 5.02 Å². The minimum atomic E-state index is 0.301. The van der Waals surface area contributed by atoms with Crippen LogP contribution in [0.25, 0.3) is 0 Å². The number of nitrogen functional groups attached to an aromatic ring is 1. The molecule has 5 nitrogen and oxygen atoms in total. The fraction of sp³-hybridized carbons (Fsp3) is 0.667. The Morgan fingerprint density at radius 1 is 1.56 bits per heavy atom. The topological polar surface area (TPSA) is 73.1 Å². The van der Waals surface area contributed by atoms with E-state index >= 15 is 0 Å².